The molecule has 1 amide bonds. The maximum absolute atomic E-state index is 13.4. The number of amides is 1. The van der Waals surface area contributed by atoms with Crippen molar-refractivity contribution in [1.82, 2.24) is 0 Å². The second-order valence-electron chi connectivity index (χ2n) is 8.23. The molecule has 0 heterocycles. The van der Waals surface area contributed by atoms with Crippen molar-refractivity contribution in [3.63, 3.8) is 0 Å². The minimum Gasteiger partial charge on any atom is -0.488 e. The van der Waals surface area contributed by atoms with Gasteiger partial charge in [0.15, 0.2) is 0 Å². The molecule has 176 valence electrons. The lowest BCUT2D eigenvalue weighted by Gasteiger charge is -2.18. The Labute approximate surface area is 204 Å². The van der Waals surface area contributed by atoms with Crippen LogP contribution in [0.2, 0.25) is 0 Å². The number of ether oxygens (including phenoxy) is 1. The third-order valence-electron chi connectivity index (χ3n) is 5.57. The zero-order valence-corrected chi connectivity index (χ0v) is 19.6. The standard InChI is InChI=1S/C29H26N2O4/c1-31(2)23-14-16-27(35-19-20-9-5-3-6-10-20)25(18-23)28(32)30-26-17-22(13-15-24(26)29(33)34)21-11-7-4-8-12-21/h3-18H,19H2,1-2H3,(H,30,32)(H,33,34). The number of hydrogen-bond donors (Lipinski definition) is 2. The van der Waals surface area contributed by atoms with Gasteiger partial charge >= 0.3 is 5.97 Å². The third kappa shape index (κ3) is 5.68. The van der Waals surface area contributed by atoms with E-state index >= 15 is 0 Å². The highest BCUT2D eigenvalue weighted by atomic mass is 16.5. The summed E-state index contributed by atoms with van der Waals surface area (Å²) in [6, 6.07) is 29.5. The monoisotopic (exact) mass is 466 g/mol. The van der Waals surface area contributed by atoms with Crippen molar-refractivity contribution < 1.29 is 19.4 Å². The number of carboxylic acids is 1. The van der Waals surface area contributed by atoms with Crippen molar-refractivity contribution in [2.75, 3.05) is 24.3 Å². The maximum Gasteiger partial charge on any atom is 0.337 e. The number of anilines is 2. The van der Waals surface area contributed by atoms with Gasteiger partial charge in [-0.15, -0.1) is 0 Å². The van der Waals surface area contributed by atoms with E-state index in [4.69, 9.17) is 4.74 Å². The number of carbonyl (C=O) groups is 2. The summed E-state index contributed by atoms with van der Waals surface area (Å²) in [5.41, 5.74) is 4.04. The number of carbonyl (C=O) groups excluding carboxylic acids is 1. The van der Waals surface area contributed by atoms with Crippen LogP contribution in [-0.4, -0.2) is 31.1 Å². The minimum atomic E-state index is -1.12. The highest BCUT2D eigenvalue weighted by molar-refractivity contribution is 6.10. The van der Waals surface area contributed by atoms with E-state index in [0.29, 0.717) is 17.9 Å². The fraction of sp³-hybridized carbons (Fsp3) is 0.103. The highest BCUT2D eigenvalue weighted by Crippen LogP contribution is 2.29. The van der Waals surface area contributed by atoms with Crippen molar-refractivity contribution in [3.05, 3.63) is 114 Å². The second-order valence-corrected chi connectivity index (χ2v) is 8.23. The van der Waals surface area contributed by atoms with Crippen LogP contribution in [0.25, 0.3) is 11.1 Å². The molecule has 0 aliphatic carbocycles. The molecule has 0 atom stereocenters. The SMILES string of the molecule is CN(C)c1ccc(OCc2ccccc2)c(C(=O)Nc2cc(-c3ccccc3)ccc2C(=O)O)c1. The number of rotatable bonds is 8. The molecule has 2 N–H and O–H groups in total. The normalized spacial score (nSPS) is 10.5. The zero-order valence-electron chi connectivity index (χ0n) is 19.6. The van der Waals surface area contributed by atoms with Crippen molar-refractivity contribution in [2.24, 2.45) is 0 Å². The van der Waals surface area contributed by atoms with Crippen LogP contribution in [0.15, 0.2) is 97.1 Å². The van der Waals surface area contributed by atoms with Crippen molar-refractivity contribution in [1.29, 1.82) is 0 Å². The molecule has 0 radical (unpaired) electrons. The van der Waals surface area contributed by atoms with Crippen LogP contribution in [-0.2, 0) is 6.61 Å². The molecule has 6 nitrogen and oxygen atoms in total. The Morgan fingerprint density at radius 3 is 2.14 bits per heavy atom. The lowest BCUT2D eigenvalue weighted by molar-refractivity contribution is 0.0698. The molecule has 4 aromatic rings. The Balaban J connectivity index is 1.68. The molecule has 0 saturated carbocycles. The molecule has 0 aliphatic heterocycles. The Hall–Kier alpha value is -4.58. The molecule has 0 spiro atoms. The number of hydrogen-bond acceptors (Lipinski definition) is 4. The largest absolute Gasteiger partial charge is 0.488 e. The van der Waals surface area contributed by atoms with Crippen LogP contribution in [0.3, 0.4) is 0 Å². The highest BCUT2D eigenvalue weighted by Gasteiger charge is 2.19. The predicted octanol–water partition coefficient (Wildman–Crippen LogP) is 5.95. The number of benzene rings is 4. The van der Waals surface area contributed by atoms with Crippen LogP contribution in [0.5, 0.6) is 5.75 Å². The molecule has 0 aromatic heterocycles. The van der Waals surface area contributed by atoms with Gasteiger partial charge in [-0.05, 0) is 47.0 Å². The van der Waals surface area contributed by atoms with Gasteiger partial charge in [0.05, 0.1) is 16.8 Å². The maximum atomic E-state index is 13.4. The number of nitrogens with one attached hydrogen (secondary N) is 1. The molecular formula is C29H26N2O4. The third-order valence-corrected chi connectivity index (χ3v) is 5.57. The summed E-state index contributed by atoms with van der Waals surface area (Å²) < 4.78 is 5.99. The first-order valence-corrected chi connectivity index (χ1v) is 11.1. The van der Waals surface area contributed by atoms with E-state index in [0.717, 1.165) is 22.4 Å². The molecule has 0 bridgehead atoms. The van der Waals surface area contributed by atoms with Gasteiger partial charge in [-0.1, -0.05) is 66.7 Å². The van der Waals surface area contributed by atoms with E-state index in [9.17, 15) is 14.7 Å². The van der Waals surface area contributed by atoms with Crippen LogP contribution < -0.4 is 15.0 Å². The average Bonchev–Trinajstić information content (AvgIpc) is 2.88. The van der Waals surface area contributed by atoms with Gasteiger partial charge in [-0.2, -0.15) is 0 Å². The smallest absolute Gasteiger partial charge is 0.337 e. The first kappa shape index (κ1) is 23.6. The molecule has 35 heavy (non-hydrogen) atoms. The molecule has 4 aromatic carbocycles. The van der Waals surface area contributed by atoms with E-state index in [1.165, 1.54) is 6.07 Å². The fourth-order valence-electron chi connectivity index (χ4n) is 3.67. The van der Waals surface area contributed by atoms with Crippen molar-refractivity contribution in [3.8, 4) is 16.9 Å². The Morgan fingerprint density at radius 1 is 0.800 bits per heavy atom. The first-order valence-electron chi connectivity index (χ1n) is 11.1. The van der Waals surface area contributed by atoms with Crippen LogP contribution in [0.4, 0.5) is 11.4 Å². The van der Waals surface area contributed by atoms with Crippen LogP contribution in [0, 0.1) is 0 Å². The number of carboxylic acid groups (broad SMARTS) is 1. The van der Waals surface area contributed by atoms with E-state index in [2.05, 4.69) is 5.32 Å². The van der Waals surface area contributed by atoms with Gasteiger partial charge < -0.3 is 20.1 Å². The van der Waals surface area contributed by atoms with Crippen LogP contribution >= 0.6 is 0 Å². The lowest BCUT2D eigenvalue weighted by Crippen LogP contribution is -2.17. The Kier molecular flexibility index (Phi) is 7.12. The molecule has 0 unspecified atom stereocenters. The second kappa shape index (κ2) is 10.6. The first-order chi connectivity index (χ1) is 16.9. The summed E-state index contributed by atoms with van der Waals surface area (Å²) in [5.74, 6) is -1.17. The molecule has 6 heteroatoms. The fourth-order valence-corrected chi connectivity index (χ4v) is 3.67. The summed E-state index contributed by atoms with van der Waals surface area (Å²) in [5, 5.41) is 12.5. The topological polar surface area (TPSA) is 78.9 Å². The number of aromatic carboxylic acids is 1. The van der Waals surface area contributed by atoms with E-state index in [1.807, 2.05) is 85.7 Å². The van der Waals surface area contributed by atoms with Crippen LogP contribution in [0.1, 0.15) is 26.3 Å². The molecule has 0 fully saturated rings. The average molecular weight is 467 g/mol. The van der Waals surface area contributed by atoms with Gasteiger partial charge in [0.1, 0.15) is 12.4 Å². The zero-order chi connectivity index (χ0) is 24.8. The van der Waals surface area contributed by atoms with Gasteiger partial charge in [0.25, 0.3) is 5.91 Å². The summed E-state index contributed by atoms with van der Waals surface area (Å²) >= 11 is 0. The predicted molar refractivity (Wildman–Crippen MR) is 138 cm³/mol. The van der Waals surface area contributed by atoms with Crippen molar-refractivity contribution in [2.45, 2.75) is 6.61 Å². The van der Waals surface area contributed by atoms with E-state index in [-0.39, 0.29) is 11.3 Å². The Bertz CT molecular complexity index is 1340. The summed E-state index contributed by atoms with van der Waals surface area (Å²) in [4.78, 5) is 27.2. The van der Waals surface area contributed by atoms with Crippen molar-refractivity contribution >= 4 is 23.3 Å². The minimum absolute atomic E-state index is 0.00792. The van der Waals surface area contributed by atoms with Gasteiger partial charge in [-0.25, -0.2) is 4.79 Å². The molecule has 4 rings (SSSR count). The van der Waals surface area contributed by atoms with Gasteiger partial charge in [0, 0.05) is 19.8 Å². The summed E-state index contributed by atoms with van der Waals surface area (Å²) in [6.45, 7) is 0.298. The van der Waals surface area contributed by atoms with E-state index < -0.39 is 11.9 Å². The summed E-state index contributed by atoms with van der Waals surface area (Å²) in [6.07, 6.45) is 0. The molecule has 0 aliphatic rings. The van der Waals surface area contributed by atoms with Gasteiger partial charge in [-0.3, -0.25) is 4.79 Å². The Morgan fingerprint density at radius 2 is 1.49 bits per heavy atom. The summed E-state index contributed by atoms with van der Waals surface area (Å²) in [7, 11) is 3.76. The van der Waals surface area contributed by atoms with E-state index in [1.54, 1.807) is 24.3 Å². The number of nitrogens with zero attached hydrogens (tertiary/aromatic N) is 1. The molecular weight excluding hydrogens is 440 g/mol. The lowest BCUT2D eigenvalue weighted by atomic mass is 10.0. The quantitative estimate of drug-likeness (QED) is 0.336. The van der Waals surface area contributed by atoms with Gasteiger partial charge in [0.2, 0.25) is 0 Å². The molecule has 0 saturated heterocycles.